The highest BCUT2D eigenvalue weighted by Gasteiger charge is 2.18. The summed E-state index contributed by atoms with van der Waals surface area (Å²) >= 11 is 3.32. The summed E-state index contributed by atoms with van der Waals surface area (Å²) < 4.78 is 5.95. The fourth-order valence-corrected chi connectivity index (χ4v) is 2.84. The van der Waals surface area contributed by atoms with Crippen LogP contribution in [0, 0.1) is 5.92 Å². The maximum Gasteiger partial charge on any atom is 0.199 e. The Morgan fingerprint density at radius 3 is 2.75 bits per heavy atom. The molecule has 0 aliphatic heterocycles. The van der Waals surface area contributed by atoms with E-state index in [1.54, 1.807) is 12.3 Å². The topological polar surface area (TPSA) is 30.2 Å². The summed E-state index contributed by atoms with van der Waals surface area (Å²) in [5.41, 5.74) is 0. The fraction of sp³-hybridized carbons (Fsp3) is 0.615. The minimum absolute atomic E-state index is 0.127. The van der Waals surface area contributed by atoms with Gasteiger partial charge < -0.3 is 4.42 Å². The van der Waals surface area contributed by atoms with Crippen molar-refractivity contribution < 1.29 is 9.21 Å². The maximum atomic E-state index is 11.8. The summed E-state index contributed by atoms with van der Waals surface area (Å²) in [7, 11) is 0. The van der Waals surface area contributed by atoms with Crippen LogP contribution in [0.2, 0.25) is 0 Å². The van der Waals surface area contributed by atoms with Crippen molar-refractivity contribution in [1.29, 1.82) is 0 Å². The van der Waals surface area contributed by atoms with E-state index in [0.717, 1.165) is 16.8 Å². The van der Waals surface area contributed by atoms with Crippen LogP contribution in [0.5, 0.6) is 0 Å². The summed E-state index contributed by atoms with van der Waals surface area (Å²) in [5, 5.41) is 0. The van der Waals surface area contributed by atoms with Crippen LogP contribution in [-0.2, 0) is 0 Å². The maximum absolute atomic E-state index is 11.8. The molecule has 0 amide bonds. The van der Waals surface area contributed by atoms with Gasteiger partial charge in [-0.25, -0.2) is 0 Å². The number of halogens is 1. The molecule has 3 heteroatoms. The number of rotatable bonds is 4. The Morgan fingerprint density at radius 1 is 1.38 bits per heavy atom. The second-order valence-corrected chi connectivity index (χ2v) is 5.42. The van der Waals surface area contributed by atoms with E-state index in [1.807, 2.05) is 0 Å². The highest BCUT2D eigenvalue weighted by molar-refractivity contribution is 9.10. The average Bonchev–Trinajstić information content (AvgIpc) is 2.74. The van der Waals surface area contributed by atoms with Crippen molar-refractivity contribution in [2.24, 2.45) is 5.92 Å². The predicted molar refractivity (Wildman–Crippen MR) is 66.5 cm³/mol. The lowest BCUT2D eigenvalue weighted by molar-refractivity contribution is 0.0942. The molecular formula is C13H17BrO2. The summed E-state index contributed by atoms with van der Waals surface area (Å²) in [4.78, 5) is 11.8. The first kappa shape index (κ1) is 11.9. The van der Waals surface area contributed by atoms with Crippen LogP contribution in [0.15, 0.2) is 21.2 Å². The highest BCUT2D eigenvalue weighted by atomic mass is 79.9. The number of carbonyl (C=O) groups is 1. The van der Waals surface area contributed by atoms with E-state index in [9.17, 15) is 4.79 Å². The van der Waals surface area contributed by atoms with Crippen LogP contribution >= 0.6 is 15.9 Å². The van der Waals surface area contributed by atoms with Crippen molar-refractivity contribution in [2.75, 3.05) is 0 Å². The lowest BCUT2D eigenvalue weighted by Gasteiger charge is -2.20. The van der Waals surface area contributed by atoms with Crippen LogP contribution < -0.4 is 0 Å². The Hall–Kier alpha value is -0.570. The molecule has 2 nitrogen and oxygen atoms in total. The van der Waals surface area contributed by atoms with Crippen LogP contribution in [0.1, 0.15) is 55.5 Å². The van der Waals surface area contributed by atoms with Gasteiger partial charge >= 0.3 is 0 Å². The molecule has 0 bridgehead atoms. The van der Waals surface area contributed by atoms with Gasteiger partial charge in [0, 0.05) is 6.42 Å². The molecule has 88 valence electrons. The third kappa shape index (κ3) is 2.97. The first-order valence-corrected chi connectivity index (χ1v) is 6.83. The molecule has 16 heavy (non-hydrogen) atoms. The molecule has 1 saturated carbocycles. The lowest BCUT2D eigenvalue weighted by atomic mass is 9.85. The Bertz CT molecular complexity index is 351. The smallest absolute Gasteiger partial charge is 0.199 e. The van der Waals surface area contributed by atoms with E-state index in [2.05, 4.69) is 15.9 Å². The number of carbonyl (C=O) groups excluding carboxylic acids is 1. The second-order valence-electron chi connectivity index (χ2n) is 4.56. The molecule has 0 spiro atoms. The minimum atomic E-state index is 0.127. The van der Waals surface area contributed by atoms with Crippen molar-refractivity contribution in [2.45, 2.75) is 44.9 Å². The quantitative estimate of drug-likeness (QED) is 0.758. The van der Waals surface area contributed by atoms with Crippen molar-refractivity contribution in [3.8, 4) is 0 Å². The zero-order valence-electron chi connectivity index (χ0n) is 9.38. The molecule has 0 aromatic carbocycles. The van der Waals surface area contributed by atoms with E-state index in [0.29, 0.717) is 12.2 Å². The summed E-state index contributed by atoms with van der Waals surface area (Å²) in [5.74, 6) is 1.37. The van der Waals surface area contributed by atoms with E-state index in [1.165, 1.54) is 32.1 Å². The fourth-order valence-electron chi connectivity index (χ4n) is 2.42. The third-order valence-electron chi connectivity index (χ3n) is 3.37. The van der Waals surface area contributed by atoms with Gasteiger partial charge in [0.15, 0.2) is 11.5 Å². The summed E-state index contributed by atoms with van der Waals surface area (Å²) in [6.07, 6.45) is 9.83. The molecule has 1 aliphatic rings. The molecule has 2 rings (SSSR count). The van der Waals surface area contributed by atoms with Crippen LogP contribution in [0.4, 0.5) is 0 Å². The van der Waals surface area contributed by atoms with Gasteiger partial charge in [-0.1, -0.05) is 32.1 Å². The second kappa shape index (κ2) is 5.67. The van der Waals surface area contributed by atoms with Gasteiger partial charge in [-0.2, -0.15) is 0 Å². The summed E-state index contributed by atoms with van der Waals surface area (Å²) in [6.45, 7) is 0. The molecule has 1 heterocycles. The summed E-state index contributed by atoms with van der Waals surface area (Å²) in [6, 6.07) is 1.77. The highest BCUT2D eigenvalue weighted by Crippen LogP contribution is 2.28. The Kier molecular flexibility index (Phi) is 4.22. The number of ketones is 1. The molecule has 1 aromatic rings. The zero-order chi connectivity index (χ0) is 11.4. The van der Waals surface area contributed by atoms with Gasteiger partial charge in [-0.05, 0) is 34.3 Å². The van der Waals surface area contributed by atoms with E-state index in [4.69, 9.17) is 4.42 Å². The Labute approximate surface area is 105 Å². The van der Waals surface area contributed by atoms with Gasteiger partial charge in [-0.3, -0.25) is 4.79 Å². The SMILES string of the molecule is O=C(CCC1CCCCC1)c1occc1Br. The first-order chi connectivity index (χ1) is 7.77. The van der Waals surface area contributed by atoms with Gasteiger partial charge in [0.25, 0.3) is 0 Å². The van der Waals surface area contributed by atoms with Gasteiger partial charge in [-0.15, -0.1) is 0 Å². The average molecular weight is 285 g/mol. The predicted octanol–water partition coefficient (Wildman–Crippen LogP) is 4.59. The van der Waals surface area contributed by atoms with Gasteiger partial charge in [0.2, 0.25) is 0 Å². The van der Waals surface area contributed by atoms with Gasteiger partial charge in [0.1, 0.15) is 0 Å². The molecule has 0 N–H and O–H groups in total. The van der Waals surface area contributed by atoms with Crippen molar-refractivity contribution >= 4 is 21.7 Å². The molecule has 0 atom stereocenters. The molecule has 1 fully saturated rings. The van der Waals surface area contributed by atoms with Crippen molar-refractivity contribution in [1.82, 2.24) is 0 Å². The van der Waals surface area contributed by atoms with E-state index >= 15 is 0 Å². The number of Topliss-reactive ketones (excluding diaryl/α,β-unsaturated/α-hetero) is 1. The molecule has 0 saturated heterocycles. The number of hydrogen-bond acceptors (Lipinski definition) is 2. The molecule has 1 aliphatic carbocycles. The first-order valence-electron chi connectivity index (χ1n) is 6.03. The largest absolute Gasteiger partial charge is 0.460 e. The normalized spacial score (nSPS) is 17.6. The van der Waals surface area contributed by atoms with Crippen LogP contribution in [0.25, 0.3) is 0 Å². The van der Waals surface area contributed by atoms with Crippen LogP contribution in [0.3, 0.4) is 0 Å². The number of hydrogen-bond donors (Lipinski definition) is 0. The standard InChI is InChI=1S/C13H17BrO2/c14-11-8-9-16-13(11)12(15)7-6-10-4-2-1-3-5-10/h8-10H,1-7H2. The monoisotopic (exact) mass is 284 g/mol. The lowest BCUT2D eigenvalue weighted by Crippen LogP contribution is -2.09. The van der Waals surface area contributed by atoms with E-state index < -0.39 is 0 Å². The van der Waals surface area contributed by atoms with Crippen molar-refractivity contribution in [3.63, 3.8) is 0 Å². The zero-order valence-corrected chi connectivity index (χ0v) is 11.0. The Morgan fingerprint density at radius 2 is 2.12 bits per heavy atom. The third-order valence-corrected chi connectivity index (χ3v) is 4.00. The molecule has 1 aromatic heterocycles. The molecule has 0 radical (unpaired) electrons. The van der Waals surface area contributed by atoms with Crippen molar-refractivity contribution in [3.05, 3.63) is 22.6 Å². The molecular weight excluding hydrogens is 268 g/mol. The molecule has 0 unspecified atom stereocenters. The van der Waals surface area contributed by atoms with Gasteiger partial charge in [0.05, 0.1) is 10.7 Å². The van der Waals surface area contributed by atoms with Crippen LogP contribution in [-0.4, -0.2) is 5.78 Å². The minimum Gasteiger partial charge on any atom is -0.460 e. The Balaban J connectivity index is 1.81. The number of furan rings is 1. The van der Waals surface area contributed by atoms with E-state index in [-0.39, 0.29) is 5.78 Å².